The van der Waals surface area contributed by atoms with Crippen molar-refractivity contribution in [3.63, 3.8) is 0 Å². The molecule has 1 aromatic heterocycles. The van der Waals surface area contributed by atoms with Crippen molar-refractivity contribution in [2.45, 2.75) is 13.3 Å². The Morgan fingerprint density at radius 2 is 2.00 bits per heavy atom. The first kappa shape index (κ1) is 15.5. The van der Waals surface area contributed by atoms with Crippen LogP contribution >= 0.6 is 23.1 Å². The Bertz CT molecular complexity index is 660. The van der Waals surface area contributed by atoms with Gasteiger partial charge in [0.2, 0.25) is 0 Å². The number of nitrogens with one attached hydrogen (secondary N) is 1. The van der Waals surface area contributed by atoms with Crippen LogP contribution in [0.15, 0.2) is 12.1 Å². The molecule has 0 aliphatic carbocycles. The number of ether oxygens (including phenoxy) is 2. The van der Waals surface area contributed by atoms with E-state index in [4.69, 9.17) is 21.1 Å². The van der Waals surface area contributed by atoms with E-state index in [2.05, 4.69) is 14.9 Å². The van der Waals surface area contributed by atoms with Gasteiger partial charge in [0.25, 0.3) is 5.91 Å². The summed E-state index contributed by atoms with van der Waals surface area (Å²) in [6.45, 7) is 1.91. The van der Waals surface area contributed by atoms with Gasteiger partial charge in [-0.25, -0.2) is 0 Å². The lowest BCUT2D eigenvalue weighted by molar-refractivity contribution is 0.102. The topological polar surface area (TPSA) is 73.3 Å². The molecule has 112 valence electrons. The predicted molar refractivity (Wildman–Crippen MR) is 81.8 cm³/mol. The summed E-state index contributed by atoms with van der Waals surface area (Å²) in [6.07, 6.45) is 0.638. The molecule has 0 saturated heterocycles. The number of carbonyl (C=O) groups is 1. The van der Waals surface area contributed by atoms with E-state index in [0.717, 1.165) is 11.5 Å². The van der Waals surface area contributed by atoms with Gasteiger partial charge in [0.15, 0.2) is 11.5 Å². The zero-order valence-corrected chi connectivity index (χ0v) is 13.3. The molecular formula is C13H14ClN3O3S. The summed E-state index contributed by atoms with van der Waals surface area (Å²) in [5.74, 6) is 0.681. The number of benzene rings is 1. The third-order valence-corrected chi connectivity index (χ3v) is 3.90. The molecule has 1 aromatic carbocycles. The molecule has 0 atom stereocenters. The quantitative estimate of drug-likeness (QED) is 0.913. The predicted octanol–water partition coefficient (Wildman–Crippen LogP) is 3.02. The van der Waals surface area contributed by atoms with Gasteiger partial charge in [0, 0.05) is 12.1 Å². The first-order valence-electron chi connectivity index (χ1n) is 6.14. The van der Waals surface area contributed by atoms with Crippen molar-refractivity contribution in [2.24, 2.45) is 0 Å². The molecule has 0 fully saturated rings. The number of hydrogen-bond acceptors (Lipinski definition) is 6. The maximum absolute atomic E-state index is 12.2. The van der Waals surface area contributed by atoms with Crippen molar-refractivity contribution in [3.05, 3.63) is 27.7 Å². The minimum Gasteiger partial charge on any atom is -0.493 e. The summed E-state index contributed by atoms with van der Waals surface area (Å²) in [6, 6.07) is 3.20. The molecule has 0 saturated carbocycles. The number of aromatic nitrogens is 2. The van der Waals surface area contributed by atoms with E-state index in [1.165, 1.54) is 14.2 Å². The summed E-state index contributed by atoms with van der Waals surface area (Å²) in [4.78, 5) is 12.7. The zero-order chi connectivity index (χ0) is 15.4. The Kier molecular flexibility index (Phi) is 4.98. The fourth-order valence-electron chi connectivity index (χ4n) is 1.74. The second-order valence-corrected chi connectivity index (χ2v) is 5.20. The maximum Gasteiger partial charge on any atom is 0.269 e. The Morgan fingerprint density at radius 3 is 2.62 bits per heavy atom. The standard InChI is InChI=1S/C13H14ClN3O3S/c1-4-8-12(21-17-16-8)13(18)15-9-6-11(20-3)10(19-2)5-7(9)14/h5-6H,4H2,1-3H3,(H,15,18). The molecule has 2 aromatic rings. The van der Waals surface area contributed by atoms with E-state index < -0.39 is 0 Å². The molecule has 21 heavy (non-hydrogen) atoms. The highest BCUT2D eigenvalue weighted by atomic mass is 35.5. The summed E-state index contributed by atoms with van der Waals surface area (Å²) in [5.41, 5.74) is 1.10. The highest BCUT2D eigenvalue weighted by Crippen LogP contribution is 2.36. The van der Waals surface area contributed by atoms with Gasteiger partial charge < -0.3 is 14.8 Å². The number of carbonyl (C=O) groups excluding carboxylic acids is 1. The van der Waals surface area contributed by atoms with E-state index in [1.54, 1.807) is 12.1 Å². The molecule has 2 rings (SSSR count). The van der Waals surface area contributed by atoms with Gasteiger partial charge in [-0.1, -0.05) is 23.0 Å². The lowest BCUT2D eigenvalue weighted by Crippen LogP contribution is -2.13. The van der Waals surface area contributed by atoms with E-state index in [1.807, 2.05) is 6.92 Å². The van der Waals surface area contributed by atoms with E-state index >= 15 is 0 Å². The highest BCUT2D eigenvalue weighted by molar-refractivity contribution is 7.08. The first-order valence-corrected chi connectivity index (χ1v) is 7.29. The Labute approximate surface area is 131 Å². The maximum atomic E-state index is 12.2. The Hall–Kier alpha value is -1.86. The van der Waals surface area contributed by atoms with Crippen LogP contribution in [0.25, 0.3) is 0 Å². The van der Waals surface area contributed by atoms with Crippen LogP contribution in [0.4, 0.5) is 5.69 Å². The van der Waals surface area contributed by atoms with Crippen LogP contribution in [0.3, 0.4) is 0 Å². The second kappa shape index (κ2) is 6.73. The number of methoxy groups -OCH3 is 2. The molecule has 0 aliphatic rings. The van der Waals surface area contributed by atoms with Gasteiger partial charge in [-0.2, -0.15) is 0 Å². The molecule has 0 bridgehead atoms. The smallest absolute Gasteiger partial charge is 0.269 e. The SMILES string of the molecule is CCc1nnsc1C(=O)Nc1cc(OC)c(OC)cc1Cl. The third-order valence-electron chi connectivity index (χ3n) is 2.82. The Balaban J connectivity index is 2.29. The fourth-order valence-corrected chi connectivity index (χ4v) is 2.59. The number of anilines is 1. The van der Waals surface area contributed by atoms with Crippen molar-refractivity contribution in [1.82, 2.24) is 9.59 Å². The van der Waals surface area contributed by atoms with Gasteiger partial charge in [-0.05, 0) is 18.0 Å². The monoisotopic (exact) mass is 327 g/mol. The normalized spacial score (nSPS) is 10.3. The van der Waals surface area contributed by atoms with Gasteiger partial charge >= 0.3 is 0 Å². The van der Waals surface area contributed by atoms with Crippen molar-refractivity contribution in [1.29, 1.82) is 0 Å². The summed E-state index contributed by atoms with van der Waals surface area (Å²) < 4.78 is 14.1. The van der Waals surface area contributed by atoms with Crippen LogP contribution in [-0.2, 0) is 6.42 Å². The molecule has 8 heteroatoms. The fraction of sp³-hybridized carbons (Fsp3) is 0.308. The lowest BCUT2D eigenvalue weighted by Gasteiger charge is -2.12. The Morgan fingerprint density at radius 1 is 1.33 bits per heavy atom. The van der Waals surface area contributed by atoms with Crippen molar-refractivity contribution in [2.75, 3.05) is 19.5 Å². The molecule has 1 heterocycles. The van der Waals surface area contributed by atoms with Crippen LogP contribution in [-0.4, -0.2) is 29.7 Å². The molecular weight excluding hydrogens is 314 g/mol. The number of nitrogens with zero attached hydrogens (tertiary/aromatic N) is 2. The minimum atomic E-state index is -0.295. The molecule has 1 amide bonds. The molecule has 6 nitrogen and oxygen atoms in total. The molecule has 0 unspecified atom stereocenters. The van der Waals surface area contributed by atoms with Crippen LogP contribution in [0, 0.1) is 0 Å². The van der Waals surface area contributed by atoms with Crippen LogP contribution < -0.4 is 14.8 Å². The summed E-state index contributed by atoms with van der Waals surface area (Å²) in [5, 5.41) is 7.01. The van der Waals surface area contributed by atoms with Crippen molar-refractivity contribution in [3.8, 4) is 11.5 Å². The van der Waals surface area contributed by atoms with Gasteiger partial charge in [-0.3, -0.25) is 4.79 Å². The van der Waals surface area contributed by atoms with Gasteiger partial charge in [0.05, 0.1) is 30.6 Å². The summed E-state index contributed by atoms with van der Waals surface area (Å²) >= 11 is 7.19. The van der Waals surface area contributed by atoms with Crippen LogP contribution in [0.2, 0.25) is 5.02 Å². The van der Waals surface area contributed by atoms with E-state index in [-0.39, 0.29) is 5.91 Å². The zero-order valence-electron chi connectivity index (χ0n) is 11.8. The average molecular weight is 328 g/mol. The van der Waals surface area contributed by atoms with Crippen molar-refractivity contribution >= 4 is 34.7 Å². The molecule has 0 aliphatic heterocycles. The average Bonchev–Trinajstić information content (AvgIpc) is 2.97. The molecule has 0 spiro atoms. The van der Waals surface area contributed by atoms with E-state index in [0.29, 0.717) is 39.2 Å². The first-order chi connectivity index (χ1) is 10.1. The molecule has 1 N–H and O–H groups in total. The largest absolute Gasteiger partial charge is 0.493 e. The third kappa shape index (κ3) is 3.25. The lowest BCUT2D eigenvalue weighted by atomic mass is 10.2. The molecule has 0 radical (unpaired) electrons. The van der Waals surface area contributed by atoms with Gasteiger partial charge in [-0.15, -0.1) is 5.10 Å². The van der Waals surface area contributed by atoms with E-state index in [9.17, 15) is 4.79 Å². The highest BCUT2D eigenvalue weighted by Gasteiger charge is 2.18. The van der Waals surface area contributed by atoms with Gasteiger partial charge in [0.1, 0.15) is 4.88 Å². The number of aryl methyl sites for hydroxylation is 1. The van der Waals surface area contributed by atoms with Crippen LogP contribution in [0.5, 0.6) is 11.5 Å². The minimum absolute atomic E-state index is 0.295. The second-order valence-electron chi connectivity index (χ2n) is 4.04. The number of rotatable bonds is 5. The van der Waals surface area contributed by atoms with Crippen molar-refractivity contribution < 1.29 is 14.3 Å². The number of amides is 1. The number of halogens is 1. The van der Waals surface area contributed by atoms with Crippen LogP contribution in [0.1, 0.15) is 22.3 Å². The number of hydrogen-bond donors (Lipinski definition) is 1. The summed E-state index contributed by atoms with van der Waals surface area (Å²) in [7, 11) is 3.03.